The SMILES string of the molecule is Cc1nsc(NC(=O)COC2CCNCC2)n1. The fraction of sp³-hybridized carbons (Fsp3) is 0.700. The molecule has 1 fully saturated rings. The molecule has 0 aliphatic carbocycles. The van der Waals surface area contributed by atoms with Crippen molar-refractivity contribution in [3.63, 3.8) is 0 Å². The quantitative estimate of drug-likeness (QED) is 0.823. The van der Waals surface area contributed by atoms with Crippen LogP contribution in [0.5, 0.6) is 0 Å². The number of aryl methyl sites for hydroxylation is 1. The number of carbonyl (C=O) groups excluding carboxylic acids is 1. The van der Waals surface area contributed by atoms with Crippen molar-refractivity contribution >= 4 is 22.6 Å². The van der Waals surface area contributed by atoms with E-state index in [4.69, 9.17) is 4.74 Å². The second-order valence-corrected chi connectivity index (χ2v) is 4.71. The van der Waals surface area contributed by atoms with E-state index < -0.39 is 0 Å². The predicted molar refractivity (Wildman–Crippen MR) is 65.1 cm³/mol. The van der Waals surface area contributed by atoms with Gasteiger partial charge in [-0.05, 0) is 32.9 Å². The van der Waals surface area contributed by atoms with Crippen molar-refractivity contribution < 1.29 is 9.53 Å². The van der Waals surface area contributed by atoms with Crippen LogP contribution in [0.2, 0.25) is 0 Å². The molecule has 6 nitrogen and oxygen atoms in total. The third kappa shape index (κ3) is 4.03. The van der Waals surface area contributed by atoms with E-state index in [1.54, 1.807) is 6.92 Å². The minimum Gasteiger partial charge on any atom is -0.368 e. The first-order chi connectivity index (χ1) is 8.24. The van der Waals surface area contributed by atoms with Crippen molar-refractivity contribution in [1.29, 1.82) is 0 Å². The van der Waals surface area contributed by atoms with Crippen LogP contribution in [0.3, 0.4) is 0 Å². The predicted octanol–water partition coefficient (Wildman–Crippen LogP) is 0.554. The van der Waals surface area contributed by atoms with E-state index in [0.717, 1.165) is 25.9 Å². The number of anilines is 1. The van der Waals surface area contributed by atoms with Crippen molar-refractivity contribution in [3.05, 3.63) is 5.82 Å². The molecule has 17 heavy (non-hydrogen) atoms. The Bertz CT molecular complexity index is 376. The second kappa shape index (κ2) is 6.04. The largest absolute Gasteiger partial charge is 0.368 e. The Labute approximate surface area is 104 Å². The molecule has 0 radical (unpaired) electrons. The Kier molecular flexibility index (Phi) is 4.41. The van der Waals surface area contributed by atoms with Gasteiger partial charge in [0.05, 0.1) is 6.10 Å². The summed E-state index contributed by atoms with van der Waals surface area (Å²) in [5.41, 5.74) is 0. The fourth-order valence-corrected chi connectivity index (χ4v) is 2.25. The molecule has 1 saturated heterocycles. The zero-order valence-electron chi connectivity index (χ0n) is 9.73. The van der Waals surface area contributed by atoms with Gasteiger partial charge in [-0.3, -0.25) is 10.1 Å². The molecule has 94 valence electrons. The van der Waals surface area contributed by atoms with Gasteiger partial charge in [0.1, 0.15) is 12.4 Å². The van der Waals surface area contributed by atoms with E-state index in [0.29, 0.717) is 11.0 Å². The highest BCUT2D eigenvalue weighted by Crippen LogP contribution is 2.10. The van der Waals surface area contributed by atoms with Crippen LogP contribution >= 0.6 is 11.5 Å². The van der Waals surface area contributed by atoms with Crippen molar-refractivity contribution in [2.45, 2.75) is 25.9 Å². The number of amides is 1. The maximum absolute atomic E-state index is 11.6. The molecule has 1 aliphatic rings. The van der Waals surface area contributed by atoms with Crippen LogP contribution in [0, 0.1) is 6.92 Å². The third-order valence-corrected chi connectivity index (χ3v) is 3.23. The van der Waals surface area contributed by atoms with Gasteiger partial charge in [0.2, 0.25) is 5.13 Å². The minimum atomic E-state index is -0.167. The lowest BCUT2D eigenvalue weighted by molar-refractivity contribution is -0.123. The molecular formula is C10H16N4O2S. The van der Waals surface area contributed by atoms with Crippen molar-refractivity contribution in [3.8, 4) is 0 Å². The fourth-order valence-electron chi connectivity index (χ4n) is 1.66. The average Bonchev–Trinajstić information content (AvgIpc) is 2.73. The molecule has 0 spiro atoms. The molecule has 0 bridgehead atoms. The molecule has 0 saturated carbocycles. The molecule has 2 rings (SSSR count). The number of hydrogen-bond donors (Lipinski definition) is 2. The summed E-state index contributed by atoms with van der Waals surface area (Å²) in [6.45, 7) is 3.80. The van der Waals surface area contributed by atoms with Gasteiger partial charge in [-0.1, -0.05) is 0 Å². The van der Waals surface area contributed by atoms with Crippen LogP contribution in [0.15, 0.2) is 0 Å². The van der Waals surface area contributed by atoms with Crippen molar-refractivity contribution in [2.24, 2.45) is 0 Å². The summed E-state index contributed by atoms with van der Waals surface area (Å²) < 4.78 is 9.51. The lowest BCUT2D eigenvalue weighted by atomic mass is 10.1. The number of hydrogen-bond acceptors (Lipinski definition) is 6. The monoisotopic (exact) mass is 256 g/mol. The number of piperidine rings is 1. The van der Waals surface area contributed by atoms with E-state index in [9.17, 15) is 4.79 Å². The lowest BCUT2D eigenvalue weighted by Crippen LogP contribution is -2.34. The Morgan fingerprint density at radius 1 is 1.59 bits per heavy atom. The normalized spacial score (nSPS) is 17.0. The summed E-state index contributed by atoms with van der Waals surface area (Å²) in [5, 5.41) is 6.44. The van der Waals surface area contributed by atoms with Gasteiger partial charge in [-0.2, -0.15) is 4.37 Å². The van der Waals surface area contributed by atoms with Crippen LogP contribution in [-0.2, 0) is 9.53 Å². The van der Waals surface area contributed by atoms with Gasteiger partial charge in [0.25, 0.3) is 5.91 Å². The second-order valence-electron chi connectivity index (χ2n) is 3.96. The lowest BCUT2D eigenvalue weighted by Gasteiger charge is -2.22. The first-order valence-electron chi connectivity index (χ1n) is 5.66. The molecule has 0 aromatic carbocycles. The zero-order chi connectivity index (χ0) is 12.1. The van der Waals surface area contributed by atoms with Crippen molar-refractivity contribution in [2.75, 3.05) is 25.0 Å². The summed E-state index contributed by atoms with van der Waals surface area (Å²) >= 11 is 1.18. The van der Waals surface area contributed by atoms with E-state index in [2.05, 4.69) is 20.0 Å². The zero-order valence-corrected chi connectivity index (χ0v) is 10.5. The third-order valence-electron chi connectivity index (χ3n) is 2.51. The summed E-state index contributed by atoms with van der Waals surface area (Å²) in [7, 11) is 0. The number of aromatic nitrogens is 2. The average molecular weight is 256 g/mol. The molecule has 2 N–H and O–H groups in total. The van der Waals surface area contributed by atoms with Crippen LogP contribution in [-0.4, -0.2) is 41.1 Å². The van der Waals surface area contributed by atoms with Gasteiger partial charge in [0.15, 0.2) is 0 Å². The maximum Gasteiger partial charge on any atom is 0.252 e. The van der Waals surface area contributed by atoms with Gasteiger partial charge in [-0.15, -0.1) is 0 Å². The van der Waals surface area contributed by atoms with E-state index in [-0.39, 0.29) is 18.6 Å². The highest BCUT2D eigenvalue weighted by molar-refractivity contribution is 7.09. The Morgan fingerprint density at radius 3 is 3.00 bits per heavy atom. The van der Waals surface area contributed by atoms with E-state index >= 15 is 0 Å². The molecule has 1 amide bonds. The number of ether oxygens (including phenoxy) is 1. The van der Waals surface area contributed by atoms with Gasteiger partial charge in [0, 0.05) is 11.5 Å². The topological polar surface area (TPSA) is 76.1 Å². The highest BCUT2D eigenvalue weighted by atomic mass is 32.1. The van der Waals surface area contributed by atoms with Gasteiger partial charge in [-0.25, -0.2) is 4.98 Å². The van der Waals surface area contributed by atoms with Crippen molar-refractivity contribution in [1.82, 2.24) is 14.7 Å². The van der Waals surface area contributed by atoms with E-state index in [1.807, 2.05) is 0 Å². The van der Waals surface area contributed by atoms with Crippen LogP contribution in [0.4, 0.5) is 5.13 Å². The Hall–Kier alpha value is -1.05. The first-order valence-corrected chi connectivity index (χ1v) is 6.44. The summed E-state index contributed by atoms with van der Waals surface area (Å²) in [4.78, 5) is 15.6. The molecule has 2 heterocycles. The molecule has 7 heteroatoms. The van der Waals surface area contributed by atoms with Crippen LogP contribution in [0.1, 0.15) is 18.7 Å². The molecule has 0 atom stereocenters. The van der Waals surface area contributed by atoms with Crippen LogP contribution in [0.25, 0.3) is 0 Å². The van der Waals surface area contributed by atoms with Gasteiger partial charge >= 0.3 is 0 Å². The molecule has 0 unspecified atom stereocenters. The number of rotatable bonds is 4. The van der Waals surface area contributed by atoms with Gasteiger partial charge < -0.3 is 10.1 Å². The maximum atomic E-state index is 11.6. The Balaban J connectivity index is 1.70. The summed E-state index contributed by atoms with van der Waals surface area (Å²) in [5.74, 6) is 0.504. The van der Waals surface area contributed by atoms with E-state index in [1.165, 1.54) is 11.5 Å². The first kappa shape index (κ1) is 12.4. The number of nitrogens with zero attached hydrogens (tertiary/aromatic N) is 2. The molecule has 1 aliphatic heterocycles. The summed E-state index contributed by atoms with van der Waals surface area (Å²) in [6, 6.07) is 0. The molecule has 1 aromatic rings. The number of carbonyl (C=O) groups is 1. The standard InChI is InChI=1S/C10H16N4O2S/c1-7-12-10(17-14-7)13-9(15)6-16-8-2-4-11-5-3-8/h8,11H,2-6H2,1H3,(H,12,13,14,15). The highest BCUT2D eigenvalue weighted by Gasteiger charge is 2.15. The number of nitrogens with one attached hydrogen (secondary N) is 2. The smallest absolute Gasteiger partial charge is 0.252 e. The van der Waals surface area contributed by atoms with Crippen LogP contribution < -0.4 is 10.6 Å². The Morgan fingerprint density at radius 2 is 2.35 bits per heavy atom. The molecule has 1 aromatic heterocycles. The summed E-state index contributed by atoms with van der Waals surface area (Å²) in [6.07, 6.45) is 2.12. The molecular weight excluding hydrogens is 240 g/mol. The minimum absolute atomic E-state index is 0.0866.